The Bertz CT molecular complexity index is 916. The molecule has 0 aliphatic carbocycles. The Morgan fingerprint density at radius 3 is 3.13 bits per heavy atom. The molecule has 0 spiro atoms. The monoisotopic (exact) mass is 304 g/mol. The number of carbonyl (C=O) groups excluding carboxylic acids is 1. The number of rotatable bonds is 1. The Hall–Kier alpha value is -2.69. The molecule has 0 radical (unpaired) electrons. The molecule has 2 atom stereocenters. The van der Waals surface area contributed by atoms with Gasteiger partial charge >= 0.3 is 0 Å². The number of para-hydroxylation sites is 1. The second-order valence-electron chi connectivity index (χ2n) is 6.34. The molecular formula is C18H16N4O. The summed E-state index contributed by atoms with van der Waals surface area (Å²) in [5, 5.41) is 0.993. The molecule has 5 rings (SSSR count). The van der Waals surface area contributed by atoms with Crippen LogP contribution in [0.5, 0.6) is 0 Å². The molecule has 2 aliphatic rings. The second-order valence-corrected chi connectivity index (χ2v) is 6.34. The lowest BCUT2D eigenvalue weighted by Crippen LogP contribution is -2.42. The number of nitrogens with zero attached hydrogens (tertiary/aromatic N) is 3. The number of carbonyl (C=O) groups is 1. The van der Waals surface area contributed by atoms with E-state index in [2.05, 4.69) is 19.9 Å². The molecule has 2 aliphatic heterocycles. The summed E-state index contributed by atoms with van der Waals surface area (Å²) in [5.74, 6) is 0.115. The van der Waals surface area contributed by atoms with Gasteiger partial charge in [-0.3, -0.25) is 4.79 Å². The van der Waals surface area contributed by atoms with Gasteiger partial charge in [0.2, 0.25) is 0 Å². The van der Waals surface area contributed by atoms with E-state index in [0.717, 1.165) is 47.0 Å². The van der Waals surface area contributed by atoms with Gasteiger partial charge in [-0.15, -0.1) is 0 Å². The average Bonchev–Trinajstić information content (AvgIpc) is 3.15. The molecule has 5 heteroatoms. The van der Waals surface area contributed by atoms with E-state index in [4.69, 9.17) is 0 Å². The smallest absolute Gasteiger partial charge is 0.256 e. The number of aromatic amines is 1. The Balaban J connectivity index is 1.59. The Kier molecular flexibility index (Phi) is 2.59. The molecule has 1 amide bonds. The summed E-state index contributed by atoms with van der Waals surface area (Å²) in [4.78, 5) is 27.0. The predicted octanol–water partition coefficient (Wildman–Crippen LogP) is 2.86. The summed E-state index contributed by atoms with van der Waals surface area (Å²) in [7, 11) is 0. The highest BCUT2D eigenvalue weighted by atomic mass is 16.2. The van der Waals surface area contributed by atoms with Crippen LogP contribution in [0.15, 0.2) is 43.0 Å². The van der Waals surface area contributed by atoms with Gasteiger partial charge in [0.25, 0.3) is 5.91 Å². The number of hydrogen-bond acceptors (Lipinski definition) is 3. The summed E-state index contributed by atoms with van der Waals surface area (Å²) in [6, 6.07) is 8.32. The van der Waals surface area contributed by atoms with Crippen LogP contribution in [0.1, 0.15) is 40.5 Å². The van der Waals surface area contributed by atoms with Crippen molar-refractivity contribution in [3.63, 3.8) is 0 Å². The van der Waals surface area contributed by atoms with E-state index in [-0.39, 0.29) is 18.0 Å². The lowest BCUT2D eigenvalue weighted by molar-refractivity contribution is 0.0646. The summed E-state index contributed by atoms with van der Waals surface area (Å²) in [6.07, 6.45) is 8.19. The number of fused-ring (bicyclic) bond motifs is 5. The van der Waals surface area contributed by atoms with E-state index in [1.807, 2.05) is 36.7 Å². The van der Waals surface area contributed by atoms with Gasteiger partial charge in [-0.2, -0.15) is 0 Å². The van der Waals surface area contributed by atoms with Gasteiger partial charge in [-0.1, -0.05) is 18.2 Å². The van der Waals surface area contributed by atoms with Crippen LogP contribution in [0.2, 0.25) is 0 Å². The first-order valence-corrected chi connectivity index (χ1v) is 8.00. The maximum atomic E-state index is 13.2. The third kappa shape index (κ3) is 1.76. The Labute approximate surface area is 133 Å². The van der Waals surface area contributed by atoms with E-state index >= 15 is 0 Å². The van der Waals surface area contributed by atoms with Gasteiger partial charge in [0.1, 0.15) is 6.33 Å². The molecule has 2 bridgehead atoms. The van der Waals surface area contributed by atoms with Crippen molar-refractivity contribution >= 4 is 16.8 Å². The summed E-state index contributed by atoms with van der Waals surface area (Å²) >= 11 is 0. The topological polar surface area (TPSA) is 61.9 Å². The van der Waals surface area contributed by atoms with Crippen LogP contribution in [-0.4, -0.2) is 31.8 Å². The van der Waals surface area contributed by atoms with Crippen molar-refractivity contribution in [2.24, 2.45) is 0 Å². The minimum Gasteiger partial charge on any atom is -0.360 e. The van der Waals surface area contributed by atoms with Crippen molar-refractivity contribution in [1.29, 1.82) is 0 Å². The maximum Gasteiger partial charge on any atom is 0.256 e. The molecule has 4 heterocycles. The Morgan fingerprint density at radius 2 is 2.17 bits per heavy atom. The fourth-order valence-corrected chi connectivity index (χ4v) is 4.12. The van der Waals surface area contributed by atoms with Crippen LogP contribution in [0.3, 0.4) is 0 Å². The van der Waals surface area contributed by atoms with Crippen LogP contribution in [0.4, 0.5) is 0 Å². The molecule has 1 aromatic carbocycles. The highest BCUT2D eigenvalue weighted by Gasteiger charge is 2.43. The molecule has 0 saturated carbocycles. The van der Waals surface area contributed by atoms with E-state index in [0.29, 0.717) is 0 Å². The van der Waals surface area contributed by atoms with E-state index in [1.165, 1.54) is 0 Å². The molecule has 23 heavy (non-hydrogen) atoms. The minimum absolute atomic E-state index is 0.115. The summed E-state index contributed by atoms with van der Waals surface area (Å²) in [6.45, 7) is 0. The van der Waals surface area contributed by atoms with Gasteiger partial charge in [-0.25, -0.2) is 9.97 Å². The fraction of sp³-hybridized carbons (Fsp3) is 0.278. The summed E-state index contributed by atoms with van der Waals surface area (Å²) < 4.78 is 0. The van der Waals surface area contributed by atoms with Crippen molar-refractivity contribution in [2.45, 2.75) is 31.3 Å². The quantitative estimate of drug-likeness (QED) is 0.752. The average molecular weight is 304 g/mol. The Morgan fingerprint density at radius 1 is 1.26 bits per heavy atom. The lowest BCUT2D eigenvalue weighted by Gasteiger charge is -2.35. The molecule has 1 fully saturated rings. The molecule has 2 aromatic heterocycles. The standard InChI is InChI=1S/C18H16N4O/c23-18(13-9-20-15-4-2-1-3-12(13)15)22-11-5-6-17(22)14-8-19-10-21-16(14)7-11/h1-4,8-11,17,20H,5-7H2/t11-,17-/m0/s1. The van der Waals surface area contributed by atoms with Crippen LogP contribution in [0.25, 0.3) is 10.9 Å². The SMILES string of the molecule is O=C(c1c[nH]c2ccccc12)N1[C@H]2CC[C@H]1c1cncnc1C2. The van der Waals surface area contributed by atoms with Crippen LogP contribution in [0, 0.1) is 0 Å². The third-order valence-corrected chi connectivity index (χ3v) is 5.17. The van der Waals surface area contributed by atoms with E-state index in [9.17, 15) is 4.79 Å². The normalized spacial score (nSPS) is 22.3. The number of benzene rings is 1. The third-order valence-electron chi connectivity index (χ3n) is 5.17. The maximum absolute atomic E-state index is 13.2. The van der Waals surface area contributed by atoms with Crippen LogP contribution >= 0.6 is 0 Å². The van der Waals surface area contributed by atoms with Gasteiger partial charge in [-0.05, 0) is 18.9 Å². The van der Waals surface area contributed by atoms with E-state index < -0.39 is 0 Å². The van der Waals surface area contributed by atoms with Crippen LogP contribution < -0.4 is 0 Å². The summed E-state index contributed by atoms with van der Waals surface area (Å²) in [5.41, 5.74) is 3.99. The zero-order valence-electron chi connectivity index (χ0n) is 12.6. The number of aromatic nitrogens is 3. The van der Waals surface area contributed by atoms with Crippen molar-refractivity contribution in [3.05, 3.63) is 59.8 Å². The van der Waals surface area contributed by atoms with Crippen molar-refractivity contribution < 1.29 is 4.79 Å². The van der Waals surface area contributed by atoms with Crippen LogP contribution in [-0.2, 0) is 6.42 Å². The molecule has 5 nitrogen and oxygen atoms in total. The fourth-order valence-electron chi connectivity index (χ4n) is 4.12. The minimum atomic E-state index is 0.115. The molecule has 0 unspecified atom stereocenters. The lowest BCUT2D eigenvalue weighted by atomic mass is 9.98. The number of H-pyrrole nitrogens is 1. The first-order chi connectivity index (χ1) is 11.3. The van der Waals surface area contributed by atoms with Gasteiger partial charge < -0.3 is 9.88 Å². The second kappa shape index (κ2) is 4.65. The zero-order valence-corrected chi connectivity index (χ0v) is 12.6. The zero-order chi connectivity index (χ0) is 15.4. The predicted molar refractivity (Wildman–Crippen MR) is 86.0 cm³/mol. The van der Waals surface area contributed by atoms with E-state index in [1.54, 1.807) is 6.33 Å². The van der Waals surface area contributed by atoms with Crippen molar-refractivity contribution in [2.75, 3.05) is 0 Å². The van der Waals surface area contributed by atoms with Crippen molar-refractivity contribution in [1.82, 2.24) is 19.9 Å². The number of hydrogen-bond donors (Lipinski definition) is 1. The highest BCUT2D eigenvalue weighted by Crippen LogP contribution is 2.43. The van der Waals surface area contributed by atoms with Gasteiger partial charge in [0.15, 0.2) is 0 Å². The molecular weight excluding hydrogens is 288 g/mol. The first-order valence-electron chi connectivity index (χ1n) is 8.00. The van der Waals surface area contributed by atoms with Crippen molar-refractivity contribution in [3.8, 4) is 0 Å². The molecule has 114 valence electrons. The first kappa shape index (κ1) is 12.8. The highest BCUT2D eigenvalue weighted by molar-refractivity contribution is 6.07. The largest absolute Gasteiger partial charge is 0.360 e. The molecule has 1 N–H and O–H groups in total. The van der Waals surface area contributed by atoms with Gasteiger partial charge in [0, 0.05) is 41.3 Å². The number of nitrogens with one attached hydrogen (secondary N) is 1. The number of amides is 1. The van der Waals surface area contributed by atoms with Gasteiger partial charge in [0.05, 0.1) is 17.3 Å². The molecule has 3 aromatic rings. The molecule has 1 saturated heterocycles.